The molecule has 0 saturated heterocycles. The molecule has 1 aliphatic rings. The van der Waals surface area contributed by atoms with Crippen LogP contribution in [-0.4, -0.2) is 40.4 Å². The highest BCUT2D eigenvalue weighted by molar-refractivity contribution is 8.00. The SMILES string of the molecule is CCN(C(=O)CSCC(C)(C)N)C1CC1. The number of thioether (sulfide) groups is 1. The summed E-state index contributed by atoms with van der Waals surface area (Å²) in [6.45, 7) is 6.87. The number of hydrogen-bond acceptors (Lipinski definition) is 3. The monoisotopic (exact) mass is 230 g/mol. The Morgan fingerprint density at radius 1 is 1.53 bits per heavy atom. The Hall–Kier alpha value is -0.220. The van der Waals surface area contributed by atoms with E-state index in [9.17, 15) is 4.79 Å². The minimum Gasteiger partial charge on any atom is -0.339 e. The second-order valence-electron chi connectivity index (χ2n) is 4.89. The third-order valence-corrected chi connectivity index (χ3v) is 3.75. The molecule has 15 heavy (non-hydrogen) atoms. The Balaban J connectivity index is 2.22. The van der Waals surface area contributed by atoms with E-state index >= 15 is 0 Å². The van der Waals surface area contributed by atoms with Crippen LogP contribution >= 0.6 is 11.8 Å². The number of hydrogen-bond donors (Lipinski definition) is 1. The zero-order valence-corrected chi connectivity index (χ0v) is 10.8. The Kier molecular flexibility index (Phi) is 4.46. The Bertz CT molecular complexity index is 221. The minimum absolute atomic E-state index is 0.179. The van der Waals surface area contributed by atoms with Crippen LogP contribution in [0, 0.1) is 0 Å². The van der Waals surface area contributed by atoms with E-state index in [4.69, 9.17) is 5.73 Å². The smallest absolute Gasteiger partial charge is 0.232 e. The molecule has 1 amide bonds. The van der Waals surface area contributed by atoms with E-state index in [1.807, 2.05) is 25.7 Å². The van der Waals surface area contributed by atoms with E-state index < -0.39 is 0 Å². The highest BCUT2D eigenvalue weighted by Crippen LogP contribution is 2.27. The van der Waals surface area contributed by atoms with Gasteiger partial charge in [0.05, 0.1) is 5.75 Å². The Labute approximate surface area is 96.8 Å². The molecule has 0 atom stereocenters. The maximum atomic E-state index is 11.8. The quantitative estimate of drug-likeness (QED) is 0.751. The van der Waals surface area contributed by atoms with Crippen molar-refractivity contribution in [3.63, 3.8) is 0 Å². The van der Waals surface area contributed by atoms with Gasteiger partial charge < -0.3 is 10.6 Å². The van der Waals surface area contributed by atoms with Crippen molar-refractivity contribution >= 4 is 17.7 Å². The first kappa shape index (κ1) is 12.8. The van der Waals surface area contributed by atoms with E-state index in [0.29, 0.717) is 11.8 Å². The molecule has 0 heterocycles. The number of carbonyl (C=O) groups excluding carboxylic acids is 1. The lowest BCUT2D eigenvalue weighted by Gasteiger charge is -2.22. The van der Waals surface area contributed by atoms with Crippen molar-refractivity contribution in [2.75, 3.05) is 18.1 Å². The second-order valence-corrected chi connectivity index (χ2v) is 5.88. The van der Waals surface area contributed by atoms with Crippen LogP contribution in [0.4, 0.5) is 0 Å². The fraction of sp³-hybridized carbons (Fsp3) is 0.909. The van der Waals surface area contributed by atoms with Crippen molar-refractivity contribution in [2.24, 2.45) is 5.73 Å². The van der Waals surface area contributed by atoms with Crippen molar-refractivity contribution in [2.45, 2.75) is 45.2 Å². The summed E-state index contributed by atoms with van der Waals surface area (Å²) in [5, 5.41) is 0. The van der Waals surface area contributed by atoms with E-state index in [-0.39, 0.29) is 11.4 Å². The van der Waals surface area contributed by atoms with Gasteiger partial charge in [0.15, 0.2) is 0 Å². The van der Waals surface area contributed by atoms with Crippen LogP contribution in [0.3, 0.4) is 0 Å². The van der Waals surface area contributed by atoms with Crippen LogP contribution < -0.4 is 5.73 Å². The molecule has 88 valence electrons. The lowest BCUT2D eigenvalue weighted by Crippen LogP contribution is -2.37. The molecule has 0 aromatic carbocycles. The minimum atomic E-state index is -0.179. The van der Waals surface area contributed by atoms with Gasteiger partial charge in [-0.05, 0) is 33.6 Å². The van der Waals surface area contributed by atoms with E-state index in [1.165, 1.54) is 12.8 Å². The maximum Gasteiger partial charge on any atom is 0.232 e. The van der Waals surface area contributed by atoms with Crippen LogP contribution in [0.15, 0.2) is 0 Å². The lowest BCUT2D eigenvalue weighted by molar-refractivity contribution is -0.128. The van der Waals surface area contributed by atoms with Crippen molar-refractivity contribution in [1.29, 1.82) is 0 Å². The third-order valence-electron chi connectivity index (χ3n) is 2.35. The van der Waals surface area contributed by atoms with Crippen LogP contribution in [0.2, 0.25) is 0 Å². The van der Waals surface area contributed by atoms with Crippen molar-refractivity contribution in [3.05, 3.63) is 0 Å². The van der Waals surface area contributed by atoms with Crippen molar-refractivity contribution in [3.8, 4) is 0 Å². The summed E-state index contributed by atoms with van der Waals surface area (Å²) >= 11 is 1.64. The molecule has 2 N–H and O–H groups in total. The highest BCUT2D eigenvalue weighted by atomic mass is 32.2. The number of nitrogens with zero attached hydrogens (tertiary/aromatic N) is 1. The molecule has 0 unspecified atom stereocenters. The molecule has 0 aromatic heterocycles. The van der Waals surface area contributed by atoms with Gasteiger partial charge >= 0.3 is 0 Å². The van der Waals surface area contributed by atoms with Gasteiger partial charge in [-0.15, -0.1) is 0 Å². The predicted octanol–water partition coefficient (Wildman–Crippen LogP) is 1.47. The van der Waals surface area contributed by atoms with Crippen LogP contribution in [-0.2, 0) is 4.79 Å². The number of rotatable bonds is 6. The lowest BCUT2D eigenvalue weighted by atomic mass is 10.1. The average molecular weight is 230 g/mol. The molecule has 0 spiro atoms. The summed E-state index contributed by atoms with van der Waals surface area (Å²) in [7, 11) is 0. The molecule has 0 aliphatic heterocycles. The topological polar surface area (TPSA) is 46.3 Å². The molecule has 1 aliphatic carbocycles. The largest absolute Gasteiger partial charge is 0.339 e. The molecule has 3 nitrogen and oxygen atoms in total. The summed E-state index contributed by atoms with van der Waals surface area (Å²) in [6, 6.07) is 0.536. The molecule has 1 saturated carbocycles. The first-order valence-electron chi connectivity index (χ1n) is 5.60. The van der Waals surface area contributed by atoms with Gasteiger partial charge in [0, 0.05) is 23.9 Å². The normalized spacial score (nSPS) is 16.5. The Morgan fingerprint density at radius 3 is 2.53 bits per heavy atom. The zero-order chi connectivity index (χ0) is 11.5. The first-order valence-corrected chi connectivity index (χ1v) is 6.75. The standard InChI is InChI=1S/C11H22N2OS/c1-4-13(9-5-6-9)10(14)7-15-8-11(2,3)12/h9H,4-8,12H2,1-3H3. The molecular formula is C11H22N2OS. The molecule has 1 fully saturated rings. The van der Waals surface area contributed by atoms with Gasteiger partial charge in [0.1, 0.15) is 0 Å². The van der Waals surface area contributed by atoms with Crippen LogP contribution in [0.5, 0.6) is 0 Å². The molecule has 0 bridgehead atoms. The summed E-state index contributed by atoms with van der Waals surface area (Å²) in [5.74, 6) is 1.68. The summed E-state index contributed by atoms with van der Waals surface area (Å²) < 4.78 is 0. The highest BCUT2D eigenvalue weighted by Gasteiger charge is 2.31. The summed E-state index contributed by atoms with van der Waals surface area (Å²) in [4.78, 5) is 13.8. The molecule has 0 radical (unpaired) electrons. The first-order chi connectivity index (χ1) is 6.94. The molecule has 4 heteroatoms. The van der Waals surface area contributed by atoms with Crippen LogP contribution in [0.1, 0.15) is 33.6 Å². The average Bonchev–Trinajstić information content (AvgIpc) is 2.87. The van der Waals surface area contributed by atoms with Gasteiger partial charge in [0.2, 0.25) is 5.91 Å². The fourth-order valence-electron chi connectivity index (χ4n) is 1.51. The number of carbonyl (C=O) groups is 1. The van der Waals surface area contributed by atoms with Gasteiger partial charge in [-0.25, -0.2) is 0 Å². The van der Waals surface area contributed by atoms with Crippen LogP contribution in [0.25, 0.3) is 0 Å². The maximum absolute atomic E-state index is 11.8. The van der Waals surface area contributed by atoms with E-state index in [0.717, 1.165) is 12.3 Å². The van der Waals surface area contributed by atoms with Gasteiger partial charge in [-0.3, -0.25) is 4.79 Å². The Morgan fingerprint density at radius 2 is 2.13 bits per heavy atom. The number of nitrogens with two attached hydrogens (primary N) is 1. The fourth-order valence-corrected chi connectivity index (χ4v) is 2.48. The summed E-state index contributed by atoms with van der Waals surface area (Å²) in [6.07, 6.45) is 2.37. The van der Waals surface area contributed by atoms with E-state index in [1.54, 1.807) is 11.8 Å². The second kappa shape index (κ2) is 5.21. The number of amides is 1. The predicted molar refractivity (Wildman–Crippen MR) is 66.0 cm³/mol. The molecule has 1 rings (SSSR count). The zero-order valence-electron chi connectivity index (χ0n) is 9.95. The molecular weight excluding hydrogens is 208 g/mol. The van der Waals surface area contributed by atoms with Gasteiger partial charge in [-0.2, -0.15) is 11.8 Å². The van der Waals surface area contributed by atoms with Crippen molar-refractivity contribution in [1.82, 2.24) is 4.90 Å². The molecule has 0 aromatic rings. The van der Waals surface area contributed by atoms with E-state index in [2.05, 4.69) is 0 Å². The summed E-state index contributed by atoms with van der Waals surface area (Å²) in [5.41, 5.74) is 5.68. The van der Waals surface area contributed by atoms with Gasteiger partial charge in [0.25, 0.3) is 0 Å². The van der Waals surface area contributed by atoms with Crippen molar-refractivity contribution < 1.29 is 4.79 Å². The third kappa shape index (κ3) is 4.89. The van der Waals surface area contributed by atoms with Gasteiger partial charge in [-0.1, -0.05) is 0 Å².